The van der Waals surface area contributed by atoms with Crippen molar-refractivity contribution >= 4 is 11.6 Å². The lowest BCUT2D eigenvalue weighted by atomic mass is 10.3. The molecule has 0 radical (unpaired) electrons. The molecule has 1 heterocycles. The fourth-order valence-electron chi connectivity index (χ4n) is 0.731. The molecule has 0 amide bonds. The Labute approximate surface area is 73.0 Å². The zero-order valence-corrected chi connectivity index (χ0v) is 8.07. The van der Waals surface area contributed by atoms with Crippen LogP contribution >= 0.6 is 11.6 Å². The van der Waals surface area contributed by atoms with Crippen LogP contribution in [0.25, 0.3) is 0 Å². The van der Waals surface area contributed by atoms with Crippen molar-refractivity contribution in [1.29, 1.82) is 0 Å². The molecule has 0 aliphatic heterocycles. The van der Waals surface area contributed by atoms with Gasteiger partial charge in [-0.15, -0.1) is 0 Å². The summed E-state index contributed by atoms with van der Waals surface area (Å²) in [6.45, 7) is 6.12. The van der Waals surface area contributed by atoms with E-state index in [1.54, 1.807) is 0 Å². The molecule has 1 N–H and O–H groups in total. The molecular formula is C8H15ClN2. The van der Waals surface area contributed by atoms with Gasteiger partial charge in [-0.2, -0.15) is 5.10 Å². The maximum absolute atomic E-state index is 5.55. The fraction of sp³-hybridized carbons (Fsp3) is 0.625. The van der Waals surface area contributed by atoms with Crippen LogP contribution in [0.2, 0.25) is 5.15 Å². The third kappa shape index (κ3) is 4.04. The lowest BCUT2D eigenvalue weighted by Crippen LogP contribution is -1.80. The molecule has 0 saturated heterocycles. The van der Waals surface area contributed by atoms with Gasteiger partial charge >= 0.3 is 0 Å². The molecule has 1 aromatic rings. The second kappa shape index (κ2) is 6.23. The van der Waals surface area contributed by atoms with Crippen LogP contribution in [0.1, 0.15) is 32.9 Å². The minimum atomic E-state index is 0.554. The molecule has 1 rings (SSSR count). The molecular weight excluding hydrogens is 160 g/mol. The van der Waals surface area contributed by atoms with Gasteiger partial charge in [0.1, 0.15) is 0 Å². The highest BCUT2D eigenvalue weighted by Crippen LogP contribution is 2.06. The van der Waals surface area contributed by atoms with Crippen LogP contribution in [-0.4, -0.2) is 10.2 Å². The van der Waals surface area contributed by atoms with Gasteiger partial charge in [-0.05, 0) is 12.5 Å². The van der Waals surface area contributed by atoms with Crippen molar-refractivity contribution in [3.8, 4) is 0 Å². The van der Waals surface area contributed by atoms with E-state index >= 15 is 0 Å². The average molecular weight is 175 g/mol. The van der Waals surface area contributed by atoms with E-state index in [1.165, 1.54) is 0 Å². The minimum absolute atomic E-state index is 0.554. The highest BCUT2D eigenvalue weighted by atomic mass is 35.5. The third-order valence-corrected chi connectivity index (χ3v) is 1.31. The number of aromatic amines is 1. The molecule has 3 heteroatoms. The summed E-state index contributed by atoms with van der Waals surface area (Å²) >= 11 is 5.55. The van der Waals surface area contributed by atoms with E-state index in [0.29, 0.717) is 5.15 Å². The van der Waals surface area contributed by atoms with Gasteiger partial charge in [0, 0.05) is 5.69 Å². The molecule has 0 aromatic carbocycles. The maximum atomic E-state index is 5.55. The summed E-state index contributed by atoms with van der Waals surface area (Å²) in [4.78, 5) is 0. The van der Waals surface area contributed by atoms with Crippen LogP contribution in [0.4, 0.5) is 0 Å². The van der Waals surface area contributed by atoms with Crippen LogP contribution in [0.5, 0.6) is 0 Å². The standard InChI is InChI=1S/C6H9ClN2.C2H6/c1-2-3-5-4-6(7)9-8-5;1-2/h4H,2-3H2,1H3,(H,8,9);1-2H3. The van der Waals surface area contributed by atoms with Crippen LogP contribution in [-0.2, 0) is 6.42 Å². The third-order valence-electron chi connectivity index (χ3n) is 1.12. The molecule has 0 unspecified atom stereocenters. The maximum Gasteiger partial charge on any atom is 0.151 e. The second-order valence-corrected chi connectivity index (χ2v) is 2.35. The minimum Gasteiger partial charge on any atom is -0.281 e. The first-order valence-electron chi connectivity index (χ1n) is 4.02. The first-order chi connectivity index (χ1) is 5.33. The SMILES string of the molecule is CC.CCCc1cc(Cl)n[nH]1. The van der Waals surface area contributed by atoms with Crippen LogP contribution < -0.4 is 0 Å². The van der Waals surface area contributed by atoms with Gasteiger partial charge in [-0.25, -0.2) is 0 Å². The monoisotopic (exact) mass is 174 g/mol. The van der Waals surface area contributed by atoms with E-state index in [2.05, 4.69) is 17.1 Å². The number of nitrogens with one attached hydrogen (secondary N) is 1. The summed E-state index contributed by atoms with van der Waals surface area (Å²) in [5.41, 5.74) is 1.11. The van der Waals surface area contributed by atoms with Crippen molar-refractivity contribution in [2.45, 2.75) is 33.6 Å². The number of hydrogen-bond acceptors (Lipinski definition) is 1. The summed E-state index contributed by atoms with van der Waals surface area (Å²) in [7, 11) is 0. The molecule has 0 aliphatic rings. The van der Waals surface area contributed by atoms with Gasteiger partial charge in [0.25, 0.3) is 0 Å². The Morgan fingerprint density at radius 2 is 2.18 bits per heavy atom. The number of aryl methyl sites for hydroxylation is 1. The second-order valence-electron chi connectivity index (χ2n) is 1.97. The highest BCUT2D eigenvalue weighted by molar-refractivity contribution is 6.29. The Bertz CT molecular complexity index is 184. The van der Waals surface area contributed by atoms with Gasteiger partial charge in [0.15, 0.2) is 5.15 Å². The van der Waals surface area contributed by atoms with Gasteiger partial charge in [0.2, 0.25) is 0 Å². The number of halogens is 1. The molecule has 64 valence electrons. The first-order valence-corrected chi connectivity index (χ1v) is 4.40. The van der Waals surface area contributed by atoms with Gasteiger partial charge in [0.05, 0.1) is 0 Å². The molecule has 0 aliphatic carbocycles. The molecule has 1 aromatic heterocycles. The van der Waals surface area contributed by atoms with E-state index in [0.717, 1.165) is 18.5 Å². The Hall–Kier alpha value is -0.500. The summed E-state index contributed by atoms with van der Waals surface area (Å²) in [6, 6.07) is 1.85. The molecule has 0 saturated carbocycles. The van der Waals surface area contributed by atoms with Crippen molar-refractivity contribution in [1.82, 2.24) is 10.2 Å². The van der Waals surface area contributed by atoms with Crippen LogP contribution in [0.3, 0.4) is 0 Å². The summed E-state index contributed by atoms with van der Waals surface area (Å²) < 4.78 is 0. The Morgan fingerprint density at radius 3 is 2.55 bits per heavy atom. The molecule has 0 spiro atoms. The lowest BCUT2D eigenvalue weighted by Gasteiger charge is -1.86. The predicted molar refractivity (Wildman–Crippen MR) is 48.9 cm³/mol. The Morgan fingerprint density at radius 1 is 1.55 bits per heavy atom. The number of aromatic nitrogens is 2. The predicted octanol–water partition coefficient (Wildman–Crippen LogP) is 3.04. The smallest absolute Gasteiger partial charge is 0.151 e. The zero-order chi connectivity index (χ0) is 8.69. The fourth-order valence-corrected chi connectivity index (χ4v) is 0.905. The van der Waals surface area contributed by atoms with E-state index in [4.69, 9.17) is 11.6 Å². The summed E-state index contributed by atoms with van der Waals surface area (Å²) in [5.74, 6) is 0. The molecule has 2 nitrogen and oxygen atoms in total. The van der Waals surface area contributed by atoms with Crippen LogP contribution in [0, 0.1) is 0 Å². The number of rotatable bonds is 2. The van der Waals surface area contributed by atoms with Gasteiger partial charge < -0.3 is 0 Å². The zero-order valence-electron chi connectivity index (χ0n) is 7.32. The highest BCUT2D eigenvalue weighted by Gasteiger charge is 1.94. The van der Waals surface area contributed by atoms with Crippen molar-refractivity contribution in [3.05, 3.63) is 16.9 Å². The van der Waals surface area contributed by atoms with Crippen LogP contribution in [0.15, 0.2) is 6.07 Å². The number of hydrogen-bond donors (Lipinski definition) is 1. The largest absolute Gasteiger partial charge is 0.281 e. The number of nitrogens with zero attached hydrogens (tertiary/aromatic N) is 1. The van der Waals surface area contributed by atoms with E-state index in [-0.39, 0.29) is 0 Å². The quantitative estimate of drug-likeness (QED) is 0.734. The van der Waals surface area contributed by atoms with Crippen molar-refractivity contribution in [3.63, 3.8) is 0 Å². The molecule has 0 atom stereocenters. The molecule has 0 fully saturated rings. The first kappa shape index (κ1) is 10.5. The van der Waals surface area contributed by atoms with Crippen molar-refractivity contribution in [2.75, 3.05) is 0 Å². The Kier molecular flexibility index (Phi) is 5.94. The normalized spacial score (nSPS) is 8.73. The van der Waals surface area contributed by atoms with Crippen molar-refractivity contribution in [2.24, 2.45) is 0 Å². The molecule has 11 heavy (non-hydrogen) atoms. The number of H-pyrrole nitrogens is 1. The molecule has 0 bridgehead atoms. The van der Waals surface area contributed by atoms with Gasteiger partial charge in [-0.3, -0.25) is 5.10 Å². The Balaban J connectivity index is 0.000000461. The van der Waals surface area contributed by atoms with Crippen molar-refractivity contribution < 1.29 is 0 Å². The van der Waals surface area contributed by atoms with E-state index in [9.17, 15) is 0 Å². The summed E-state index contributed by atoms with van der Waals surface area (Å²) in [5, 5.41) is 7.15. The summed E-state index contributed by atoms with van der Waals surface area (Å²) in [6.07, 6.45) is 2.15. The van der Waals surface area contributed by atoms with Gasteiger partial charge in [-0.1, -0.05) is 38.8 Å². The van der Waals surface area contributed by atoms with E-state index in [1.807, 2.05) is 19.9 Å². The topological polar surface area (TPSA) is 28.7 Å². The lowest BCUT2D eigenvalue weighted by molar-refractivity contribution is 0.867. The average Bonchev–Trinajstić information content (AvgIpc) is 2.41. The van der Waals surface area contributed by atoms with E-state index < -0.39 is 0 Å².